The molecule has 0 aromatic carbocycles. The van der Waals surface area contributed by atoms with Crippen LogP contribution in [0, 0.1) is 5.92 Å². The van der Waals surface area contributed by atoms with Gasteiger partial charge in [0.2, 0.25) is 0 Å². The normalized spacial score (nSPS) is 24.1. The van der Waals surface area contributed by atoms with E-state index in [9.17, 15) is 4.79 Å². The van der Waals surface area contributed by atoms with Crippen LogP contribution in [0.2, 0.25) is 0 Å². The Morgan fingerprint density at radius 2 is 2.07 bits per heavy atom. The molecule has 0 aliphatic carbocycles. The fourth-order valence-corrected chi connectivity index (χ4v) is 2.47. The molecule has 0 aromatic heterocycles. The molecule has 1 aliphatic heterocycles. The van der Waals surface area contributed by atoms with E-state index >= 15 is 0 Å². The third-order valence-corrected chi connectivity index (χ3v) is 3.49. The van der Waals surface area contributed by atoms with Gasteiger partial charge in [-0.05, 0) is 39.2 Å². The maximum absolute atomic E-state index is 11.3. The van der Waals surface area contributed by atoms with Gasteiger partial charge in [0, 0.05) is 18.5 Å². The van der Waals surface area contributed by atoms with Gasteiger partial charge in [0.1, 0.15) is 5.78 Å². The number of carbonyl (C=O) groups excluding carboxylic acids is 1. The van der Waals surface area contributed by atoms with Gasteiger partial charge in [0.25, 0.3) is 0 Å². The van der Waals surface area contributed by atoms with E-state index in [2.05, 4.69) is 18.7 Å². The van der Waals surface area contributed by atoms with Crippen LogP contribution < -0.4 is 0 Å². The van der Waals surface area contributed by atoms with Gasteiger partial charge in [-0.15, -0.1) is 0 Å². The Morgan fingerprint density at radius 1 is 1.43 bits per heavy atom. The minimum atomic E-state index is 0.310. The zero-order chi connectivity index (χ0) is 10.6. The molecule has 0 spiro atoms. The summed E-state index contributed by atoms with van der Waals surface area (Å²) >= 11 is 0. The van der Waals surface area contributed by atoms with E-state index in [4.69, 9.17) is 0 Å². The fourth-order valence-electron chi connectivity index (χ4n) is 2.47. The largest absolute Gasteiger partial charge is 0.300 e. The Labute approximate surface area is 87.7 Å². The van der Waals surface area contributed by atoms with E-state index in [1.54, 1.807) is 6.92 Å². The van der Waals surface area contributed by atoms with Crippen LogP contribution in [0.5, 0.6) is 0 Å². The maximum atomic E-state index is 11.3. The lowest BCUT2D eigenvalue weighted by molar-refractivity contribution is -0.122. The zero-order valence-corrected chi connectivity index (χ0v) is 9.75. The predicted octanol–water partition coefficient (Wildman–Crippen LogP) is 2.48. The number of likely N-dealkylation sites (tertiary alicyclic amines) is 1. The zero-order valence-electron chi connectivity index (χ0n) is 9.75. The number of hydrogen-bond acceptors (Lipinski definition) is 2. The van der Waals surface area contributed by atoms with Gasteiger partial charge in [0.05, 0.1) is 0 Å². The summed E-state index contributed by atoms with van der Waals surface area (Å²) < 4.78 is 0. The van der Waals surface area contributed by atoms with Gasteiger partial charge < -0.3 is 0 Å². The number of ketones is 1. The minimum absolute atomic E-state index is 0.310. The summed E-state index contributed by atoms with van der Waals surface area (Å²) in [7, 11) is 0. The van der Waals surface area contributed by atoms with Gasteiger partial charge in [0.15, 0.2) is 0 Å². The van der Waals surface area contributed by atoms with Crippen LogP contribution in [-0.2, 0) is 4.79 Å². The first-order chi connectivity index (χ1) is 6.69. The molecule has 1 fully saturated rings. The van der Waals surface area contributed by atoms with Crippen molar-refractivity contribution in [2.45, 2.75) is 52.5 Å². The predicted molar refractivity (Wildman–Crippen MR) is 59.3 cm³/mol. The van der Waals surface area contributed by atoms with Gasteiger partial charge in [-0.1, -0.05) is 13.8 Å². The van der Waals surface area contributed by atoms with Crippen molar-refractivity contribution in [3.8, 4) is 0 Å². The standard InChI is InChI=1S/C12H23NO/c1-4-12(5-2)13-8-6-7-11(9-13)10(3)14/h11-12H,4-9H2,1-3H3. The number of nitrogens with zero attached hydrogens (tertiary/aromatic N) is 1. The Kier molecular flexibility index (Phi) is 4.59. The van der Waals surface area contributed by atoms with Gasteiger partial charge in [-0.2, -0.15) is 0 Å². The molecule has 14 heavy (non-hydrogen) atoms. The van der Waals surface area contributed by atoms with Crippen molar-refractivity contribution in [2.24, 2.45) is 5.92 Å². The summed E-state index contributed by atoms with van der Waals surface area (Å²) in [5.41, 5.74) is 0. The van der Waals surface area contributed by atoms with E-state index in [1.165, 1.54) is 25.8 Å². The lowest BCUT2D eigenvalue weighted by atomic mass is 9.93. The quantitative estimate of drug-likeness (QED) is 0.690. The highest BCUT2D eigenvalue weighted by molar-refractivity contribution is 5.78. The maximum Gasteiger partial charge on any atom is 0.134 e. The lowest BCUT2D eigenvalue weighted by Gasteiger charge is -2.36. The summed E-state index contributed by atoms with van der Waals surface area (Å²) in [4.78, 5) is 13.8. The molecule has 2 heteroatoms. The Balaban J connectivity index is 2.50. The van der Waals surface area contributed by atoms with E-state index < -0.39 is 0 Å². The van der Waals surface area contributed by atoms with Crippen molar-refractivity contribution in [1.82, 2.24) is 4.90 Å². The highest BCUT2D eigenvalue weighted by atomic mass is 16.1. The third kappa shape index (κ3) is 2.81. The average Bonchev–Trinajstić information content (AvgIpc) is 2.20. The van der Waals surface area contributed by atoms with Gasteiger partial charge >= 0.3 is 0 Å². The monoisotopic (exact) mass is 197 g/mol. The van der Waals surface area contributed by atoms with Crippen molar-refractivity contribution in [2.75, 3.05) is 13.1 Å². The smallest absolute Gasteiger partial charge is 0.134 e. The SMILES string of the molecule is CCC(CC)N1CCCC(C(C)=O)C1. The molecule has 1 atom stereocenters. The van der Waals surface area contributed by atoms with Crippen molar-refractivity contribution >= 4 is 5.78 Å². The first-order valence-electron chi connectivity index (χ1n) is 5.93. The van der Waals surface area contributed by atoms with E-state index in [0.29, 0.717) is 17.7 Å². The third-order valence-electron chi connectivity index (χ3n) is 3.49. The number of piperidine rings is 1. The van der Waals surface area contributed by atoms with E-state index in [1.807, 2.05) is 0 Å². The molecule has 0 amide bonds. The molecule has 1 unspecified atom stereocenters. The van der Waals surface area contributed by atoms with E-state index in [-0.39, 0.29) is 0 Å². The topological polar surface area (TPSA) is 20.3 Å². The van der Waals surface area contributed by atoms with Crippen molar-refractivity contribution in [1.29, 1.82) is 0 Å². The second-order valence-electron chi connectivity index (χ2n) is 4.42. The molecule has 1 saturated heterocycles. The van der Waals surface area contributed by atoms with Crippen LogP contribution in [0.3, 0.4) is 0 Å². The minimum Gasteiger partial charge on any atom is -0.300 e. The number of hydrogen-bond donors (Lipinski definition) is 0. The average molecular weight is 197 g/mol. The van der Waals surface area contributed by atoms with Crippen molar-refractivity contribution in [3.05, 3.63) is 0 Å². The first-order valence-corrected chi connectivity index (χ1v) is 5.93. The highest BCUT2D eigenvalue weighted by Gasteiger charge is 2.26. The second kappa shape index (κ2) is 5.50. The molecule has 0 N–H and O–H groups in total. The van der Waals surface area contributed by atoms with Crippen LogP contribution >= 0.6 is 0 Å². The summed E-state index contributed by atoms with van der Waals surface area (Å²) in [5, 5.41) is 0. The van der Waals surface area contributed by atoms with Crippen LogP contribution in [0.1, 0.15) is 46.5 Å². The molecule has 0 bridgehead atoms. The Morgan fingerprint density at radius 3 is 2.57 bits per heavy atom. The Hall–Kier alpha value is -0.370. The lowest BCUT2D eigenvalue weighted by Crippen LogP contribution is -2.43. The molecular formula is C12H23NO. The molecule has 1 rings (SSSR count). The number of rotatable bonds is 4. The molecule has 0 radical (unpaired) electrons. The molecule has 0 saturated carbocycles. The summed E-state index contributed by atoms with van der Waals surface area (Å²) in [6, 6.07) is 0.692. The second-order valence-corrected chi connectivity index (χ2v) is 4.42. The van der Waals surface area contributed by atoms with Gasteiger partial charge in [-0.3, -0.25) is 9.69 Å². The van der Waals surface area contributed by atoms with E-state index in [0.717, 1.165) is 13.0 Å². The van der Waals surface area contributed by atoms with Crippen molar-refractivity contribution in [3.63, 3.8) is 0 Å². The molecular weight excluding hydrogens is 174 g/mol. The van der Waals surface area contributed by atoms with Crippen LogP contribution in [0.15, 0.2) is 0 Å². The van der Waals surface area contributed by atoms with Crippen LogP contribution in [0.25, 0.3) is 0 Å². The summed E-state index contributed by atoms with van der Waals surface area (Å²) in [5.74, 6) is 0.685. The highest BCUT2D eigenvalue weighted by Crippen LogP contribution is 2.21. The molecule has 2 nitrogen and oxygen atoms in total. The molecule has 0 aromatic rings. The Bertz CT molecular complexity index is 187. The van der Waals surface area contributed by atoms with Crippen molar-refractivity contribution < 1.29 is 4.79 Å². The van der Waals surface area contributed by atoms with Gasteiger partial charge in [-0.25, -0.2) is 0 Å². The number of Topliss-reactive ketones (excluding diaryl/α,β-unsaturated/α-hetero) is 1. The summed E-state index contributed by atoms with van der Waals surface area (Å²) in [6.45, 7) is 8.41. The molecule has 1 heterocycles. The van der Waals surface area contributed by atoms with Crippen LogP contribution in [-0.4, -0.2) is 29.8 Å². The van der Waals surface area contributed by atoms with Crippen LogP contribution in [0.4, 0.5) is 0 Å². The molecule has 1 aliphatic rings. The first kappa shape index (κ1) is 11.7. The summed E-state index contributed by atoms with van der Waals surface area (Å²) in [6.07, 6.45) is 4.72. The molecule has 82 valence electrons. The number of carbonyl (C=O) groups is 1. The fraction of sp³-hybridized carbons (Fsp3) is 0.917.